The molecule has 16 heavy (non-hydrogen) atoms. The molecule has 1 unspecified atom stereocenters. The molecule has 0 aromatic carbocycles. The monoisotopic (exact) mass is 270 g/mol. The number of sulfonamides is 1. The van der Waals surface area contributed by atoms with E-state index < -0.39 is 10.0 Å². The van der Waals surface area contributed by atoms with Crippen molar-refractivity contribution in [3.8, 4) is 0 Å². The number of nitrogens with one attached hydrogen (secondary N) is 1. The summed E-state index contributed by atoms with van der Waals surface area (Å²) in [5, 5.41) is -0.372. The lowest BCUT2D eigenvalue weighted by atomic mass is 9.89. The van der Waals surface area contributed by atoms with Gasteiger partial charge >= 0.3 is 0 Å². The highest BCUT2D eigenvalue weighted by molar-refractivity contribution is 7.90. The molecular weight excluding hydrogens is 252 g/mol. The van der Waals surface area contributed by atoms with E-state index in [0.717, 1.165) is 19.3 Å². The minimum Gasteiger partial charge on any atom is -0.380 e. The zero-order valence-electron chi connectivity index (χ0n) is 9.09. The second kappa shape index (κ2) is 5.64. The predicted molar refractivity (Wildman–Crippen MR) is 64.1 cm³/mol. The van der Waals surface area contributed by atoms with Crippen LogP contribution < -0.4 is 10.5 Å². The van der Waals surface area contributed by atoms with Gasteiger partial charge in [0, 0.05) is 18.7 Å². The highest BCUT2D eigenvalue weighted by Crippen LogP contribution is 2.21. The van der Waals surface area contributed by atoms with Gasteiger partial charge in [-0.25, -0.2) is 13.1 Å². The first kappa shape index (κ1) is 14.2. The van der Waals surface area contributed by atoms with Crippen molar-refractivity contribution in [2.24, 2.45) is 5.73 Å². The molecule has 0 aromatic rings. The van der Waals surface area contributed by atoms with Crippen molar-refractivity contribution in [2.75, 3.05) is 13.2 Å². The average molecular weight is 271 g/mol. The molecule has 2 fully saturated rings. The standard InChI is InChI=1S/C9H18N2O3S.ClH/c10-7-4-8(5-7)11-15(12,13)9-2-1-3-14-6-9;/h7-9,11H,1-6,10H2;1H. The molecule has 0 bridgehead atoms. The molecule has 0 radical (unpaired) electrons. The predicted octanol–water partition coefficient (Wildman–Crippen LogP) is -0.00370. The van der Waals surface area contributed by atoms with Crippen LogP contribution in [0.25, 0.3) is 0 Å². The average Bonchev–Trinajstić information content (AvgIpc) is 2.17. The minimum atomic E-state index is -3.20. The van der Waals surface area contributed by atoms with Crippen LogP contribution in [0.3, 0.4) is 0 Å². The molecule has 0 aromatic heterocycles. The van der Waals surface area contributed by atoms with Crippen molar-refractivity contribution in [2.45, 2.75) is 43.0 Å². The van der Waals surface area contributed by atoms with E-state index in [2.05, 4.69) is 4.72 Å². The second-order valence-corrected chi connectivity index (χ2v) is 6.42. The minimum absolute atomic E-state index is 0. The topological polar surface area (TPSA) is 81.4 Å². The summed E-state index contributed by atoms with van der Waals surface area (Å²) in [6, 6.07) is 0.215. The van der Waals surface area contributed by atoms with Crippen LogP contribution in [-0.2, 0) is 14.8 Å². The van der Waals surface area contributed by atoms with Gasteiger partial charge < -0.3 is 10.5 Å². The fraction of sp³-hybridized carbons (Fsp3) is 1.00. The summed E-state index contributed by atoms with van der Waals surface area (Å²) in [4.78, 5) is 0. The lowest BCUT2D eigenvalue weighted by molar-refractivity contribution is 0.0985. The van der Waals surface area contributed by atoms with Crippen LogP contribution in [0.1, 0.15) is 25.7 Å². The normalized spacial score (nSPS) is 34.9. The number of rotatable bonds is 3. The van der Waals surface area contributed by atoms with Crippen molar-refractivity contribution < 1.29 is 13.2 Å². The van der Waals surface area contributed by atoms with Gasteiger partial charge in [-0.05, 0) is 25.7 Å². The third-order valence-electron chi connectivity index (χ3n) is 3.06. The molecule has 1 heterocycles. The van der Waals surface area contributed by atoms with Crippen LogP contribution in [0, 0.1) is 0 Å². The highest BCUT2D eigenvalue weighted by atomic mass is 35.5. The summed E-state index contributed by atoms with van der Waals surface area (Å²) >= 11 is 0. The summed E-state index contributed by atoms with van der Waals surface area (Å²) in [7, 11) is -3.20. The molecule has 2 rings (SSSR count). The summed E-state index contributed by atoms with van der Waals surface area (Å²) in [6.07, 6.45) is 3.05. The molecule has 3 N–H and O–H groups in total. The van der Waals surface area contributed by atoms with Gasteiger partial charge in [0.15, 0.2) is 0 Å². The molecule has 2 aliphatic rings. The fourth-order valence-corrected chi connectivity index (χ4v) is 3.64. The lowest BCUT2D eigenvalue weighted by Crippen LogP contribution is -2.53. The van der Waals surface area contributed by atoms with Crippen LogP contribution in [0.4, 0.5) is 0 Å². The number of nitrogens with two attached hydrogens (primary N) is 1. The summed E-state index contributed by atoms with van der Waals surface area (Å²) < 4.78 is 31.6. The molecule has 7 heteroatoms. The van der Waals surface area contributed by atoms with E-state index in [1.165, 1.54) is 0 Å². The Morgan fingerprint density at radius 1 is 1.31 bits per heavy atom. The van der Waals surface area contributed by atoms with E-state index in [9.17, 15) is 8.42 Å². The molecule has 1 aliphatic heterocycles. The molecule has 1 atom stereocenters. The largest absolute Gasteiger partial charge is 0.380 e. The van der Waals surface area contributed by atoms with E-state index in [4.69, 9.17) is 10.5 Å². The van der Waals surface area contributed by atoms with Gasteiger partial charge in [0.25, 0.3) is 0 Å². The zero-order chi connectivity index (χ0) is 10.9. The number of ether oxygens (including phenoxy) is 1. The van der Waals surface area contributed by atoms with Crippen molar-refractivity contribution in [3.63, 3.8) is 0 Å². The zero-order valence-corrected chi connectivity index (χ0v) is 10.7. The molecule has 5 nitrogen and oxygen atoms in total. The summed E-state index contributed by atoms with van der Waals surface area (Å²) in [5.41, 5.74) is 5.61. The van der Waals surface area contributed by atoms with Crippen LogP contribution in [-0.4, -0.2) is 39.0 Å². The van der Waals surface area contributed by atoms with Gasteiger partial charge in [0.1, 0.15) is 0 Å². The summed E-state index contributed by atoms with van der Waals surface area (Å²) in [6.45, 7) is 1.01. The Morgan fingerprint density at radius 2 is 2.00 bits per heavy atom. The molecule has 96 valence electrons. The smallest absolute Gasteiger partial charge is 0.217 e. The summed E-state index contributed by atoms with van der Waals surface area (Å²) in [5.74, 6) is 0. The molecule has 0 amide bonds. The second-order valence-electron chi connectivity index (χ2n) is 4.43. The van der Waals surface area contributed by atoms with E-state index in [1.807, 2.05) is 0 Å². The Morgan fingerprint density at radius 3 is 2.50 bits per heavy atom. The first-order chi connectivity index (χ1) is 7.08. The Balaban J connectivity index is 0.00000128. The van der Waals surface area contributed by atoms with Crippen LogP contribution in [0.2, 0.25) is 0 Å². The Kier molecular flexibility index (Phi) is 5.00. The third-order valence-corrected chi connectivity index (χ3v) is 4.97. The van der Waals surface area contributed by atoms with Crippen molar-refractivity contribution in [1.82, 2.24) is 4.72 Å². The maximum absolute atomic E-state index is 11.9. The Labute approximate surface area is 103 Å². The van der Waals surface area contributed by atoms with Gasteiger partial charge in [-0.2, -0.15) is 0 Å². The van der Waals surface area contributed by atoms with E-state index in [-0.39, 0.29) is 29.7 Å². The number of halogens is 1. The quantitative estimate of drug-likeness (QED) is 0.756. The van der Waals surface area contributed by atoms with Crippen LogP contribution >= 0.6 is 12.4 Å². The first-order valence-corrected chi connectivity index (χ1v) is 6.97. The molecular formula is C9H19ClN2O3S. The maximum atomic E-state index is 11.9. The van der Waals surface area contributed by atoms with Gasteiger partial charge in [0.2, 0.25) is 10.0 Å². The maximum Gasteiger partial charge on any atom is 0.217 e. The van der Waals surface area contributed by atoms with Crippen LogP contribution in [0.15, 0.2) is 0 Å². The molecule has 0 spiro atoms. The van der Waals surface area contributed by atoms with Gasteiger partial charge in [0.05, 0.1) is 11.9 Å². The van der Waals surface area contributed by atoms with Crippen molar-refractivity contribution in [3.05, 3.63) is 0 Å². The highest BCUT2D eigenvalue weighted by Gasteiger charge is 2.34. The number of hydrogen-bond acceptors (Lipinski definition) is 4. The van der Waals surface area contributed by atoms with Crippen molar-refractivity contribution in [1.29, 1.82) is 0 Å². The lowest BCUT2D eigenvalue weighted by Gasteiger charge is -2.34. The fourth-order valence-electron chi connectivity index (χ4n) is 2.04. The van der Waals surface area contributed by atoms with E-state index in [1.54, 1.807) is 0 Å². The third kappa shape index (κ3) is 3.30. The number of hydrogen-bond donors (Lipinski definition) is 2. The molecule has 1 saturated heterocycles. The van der Waals surface area contributed by atoms with Gasteiger partial charge in [-0.15, -0.1) is 12.4 Å². The Hall–Kier alpha value is 0.120. The SMILES string of the molecule is Cl.NC1CC(NS(=O)(=O)C2CCCOC2)C1. The van der Waals surface area contributed by atoms with E-state index in [0.29, 0.717) is 19.6 Å². The van der Waals surface area contributed by atoms with Crippen molar-refractivity contribution >= 4 is 22.4 Å². The first-order valence-electron chi connectivity index (χ1n) is 5.42. The van der Waals surface area contributed by atoms with E-state index >= 15 is 0 Å². The Bertz CT molecular complexity index is 311. The van der Waals surface area contributed by atoms with Gasteiger partial charge in [-0.1, -0.05) is 0 Å². The van der Waals surface area contributed by atoms with Gasteiger partial charge in [-0.3, -0.25) is 0 Å². The van der Waals surface area contributed by atoms with Crippen LogP contribution in [0.5, 0.6) is 0 Å². The molecule has 1 aliphatic carbocycles. The molecule has 1 saturated carbocycles.